The van der Waals surface area contributed by atoms with Crippen LogP contribution < -0.4 is 5.32 Å². The normalized spacial score (nSPS) is 13.7. The first-order valence-corrected chi connectivity index (χ1v) is 9.73. The summed E-state index contributed by atoms with van der Waals surface area (Å²) in [6.07, 6.45) is 15.0. The lowest BCUT2D eigenvalue weighted by Crippen LogP contribution is -2.41. The first kappa shape index (κ1) is 22.4. The SMILES string of the molecule is CCCCCCCCCCCCCCCC(=O)NC(O)C(C)O. The molecular weight excluding hydrogens is 290 g/mol. The highest BCUT2D eigenvalue weighted by Gasteiger charge is 2.12. The molecule has 0 saturated heterocycles. The molecule has 0 fully saturated rings. The van der Waals surface area contributed by atoms with Gasteiger partial charge in [-0.25, -0.2) is 0 Å². The summed E-state index contributed by atoms with van der Waals surface area (Å²) in [7, 11) is 0. The average Bonchev–Trinajstić information content (AvgIpc) is 2.51. The Morgan fingerprint density at radius 2 is 1.17 bits per heavy atom. The molecule has 3 N–H and O–H groups in total. The molecule has 4 heteroatoms. The van der Waals surface area contributed by atoms with E-state index in [9.17, 15) is 9.90 Å². The zero-order chi connectivity index (χ0) is 17.3. The van der Waals surface area contributed by atoms with Crippen molar-refractivity contribution in [2.24, 2.45) is 0 Å². The minimum absolute atomic E-state index is 0.179. The number of amides is 1. The predicted molar refractivity (Wildman–Crippen MR) is 96.1 cm³/mol. The van der Waals surface area contributed by atoms with Gasteiger partial charge < -0.3 is 15.5 Å². The Hall–Kier alpha value is -0.610. The molecule has 0 aromatic rings. The van der Waals surface area contributed by atoms with Crippen molar-refractivity contribution < 1.29 is 15.0 Å². The summed E-state index contributed by atoms with van der Waals surface area (Å²) >= 11 is 0. The van der Waals surface area contributed by atoms with Gasteiger partial charge in [-0.1, -0.05) is 84.0 Å². The van der Waals surface area contributed by atoms with E-state index in [1.54, 1.807) is 0 Å². The Balaban J connectivity index is 3.20. The molecule has 0 spiro atoms. The van der Waals surface area contributed by atoms with Gasteiger partial charge in [-0.05, 0) is 13.3 Å². The minimum atomic E-state index is -1.15. The molecule has 138 valence electrons. The monoisotopic (exact) mass is 329 g/mol. The molecule has 0 aromatic carbocycles. The highest BCUT2D eigenvalue weighted by molar-refractivity contribution is 5.76. The number of aliphatic hydroxyl groups excluding tert-OH is 2. The Kier molecular flexibility index (Phi) is 15.8. The van der Waals surface area contributed by atoms with E-state index >= 15 is 0 Å². The molecule has 0 heterocycles. The van der Waals surface area contributed by atoms with Crippen LogP contribution in [-0.2, 0) is 4.79 Å². The maximum absolute atomic E-state index is 11.5. The van der Waals surface area contributed by atoms with E-state index in [4.69, 9.17) is 5.11 Å². The molecule has 2 atom stereocenters. The molecule has 2 unspecified atom stereocenters. The number of nitrogens with one attached hydrogen (secondary N) is 1. The van der Waals surface area contributed by atoms with Crippen molar-refractivity contribution in [3.63, 3.8) is 0 Å². The van der Waals surface area contributed by atoms with Crippen LogP contribution in [-0.4, -0.2) is 28.5 Å². The maximum atomic E-state index is 11.5. The fourth-order valence-corrected chi connectivity index (χ4v) is 2.66. The molecular formula is C19H39NO3. The molecule has 0 bridgehead atoms. The number of unbranched alkanes of at least 4 members (excludes halogenated alkanes) is 12. The Morgan fingerprint density at radius 3 is 1.57 bits per heavy atom. The summed E-state index contributed by atoms with van der Waals surface area (Å²) in [5.41, 5.74) is 0. The van der Waals surface area contributed by atoms with Crippen LogP contribution in [0.15, 0.2) is 0 Å². The second-order valence-corrected chi connectivity index (χ2v) is 6.75. The highest BCUT2D eigenvalue weighted by atomic mass is 16.3. The van der Waals surface area contributed by atoms with E-state index in [0.717, 1.165) is 12.8 Å². The van der Waals surface area contributed by atoms with E-state index < -0.39 is 12.3 Å². The molecule has 0 aliphatic heterocycles. The molecule has 0 saturated carbocycles. The molecule has 0 aromatic heterocycles. The van der Waals surface area contributed by atoms with Crippen LogP contribution >= 0.6 is 0 Å². The van der Waals surface area contributed by atoms with Gasteiger partial charge in [0.15, 0.2) is 6.23 Å². The van der Waals surface area contributed by atoms with Gasteiger partial charge in [-0.3, -0.25) is 4.79 Å². The topological polar surface area (TPSA) is 69.6 Å². The molecule has 0 aliphatic carbocycles. The van der Waals surface area contributed by atoms with Crippen molar-refractivity contribution in [1.82, 2.24) is 5.32 Å². The van der Waals surface area contributed by atoms with Crippen molar-refractivity contribution in [2.75, 3.05) is 0 Å². The van der Waals surface area contributed by atoms with Crippen LogP contribution in [0, 0.1) is 0 Å². The van der Waals surface area contributed by atoms with Gasteiger partial charge in [0.05, 0.1) is 6.10 Å². The summed E-state index contributed by atoms with van der Waals surface area (Å²) in [5.74, 6) is -0.179. The van der Waals surface area contributed by atoms with E-state index in [0.29, 0.717) is 6.42 Å². The third-order valence-corrected chi connectivity index (χ3v) is 4.27. The minimum Gasteiger partial charge on any atom is -0.389 e. The quantitative estimate of drug-likeness (QED) is 0.292. The second kappa shape index (κ2) is 16.3. The summed E-state index contributed by atoms with van der Waals surface area (Å²) in [4.78, 5) is 11.5. The van der Waals surface area contributed by atoms with Crippen molar-refractivity contribution in [2.45, 2.75) is 116 Å². The molecule has 23 heavy (non-hydrogen) atoms. The largest absolute Gasteiger partial charge is 0.389 e. The standard InChI is InChI=1S/C19H39NO3/c1-3-4-5-6-7-8-9-10-11-12-13-14-15-16-18(22)20-19(23)17(2)21/h17,19,21,23H,3-16H2,1-2H3,(H,20,22). The first-order chi connectivity index (χ1) is 11.1. The fraction of sp³-hybridized carbons (Fsp3) is 0.947. The zero-order valence-electron chi connectivity index (χ0n) is 15.4. The van der Waals surface area contributed by atoms with E-state index in [-0.39, 0.29) is 5.91 Å². The Labute approximate surface area is 143 Å². The lowest BCUT2D eigenvalue weighted by Gasteiger charge is -2.15. The van der Waals surface area contributed by atoms with Gasteiger partial charge in [0, 0.05) is 6.42 Å². The van der Waals surface area contributed by atoms with Crippen LogP contribution in [0.4, 0.5) is 0 Å². The van der Waals surface area contributed by atoms with E-state index in [2.05, 4.69) is 12.2 Å². The van der Waals surface area contributed by atoms with Crippen molar-refractivity contribution >= 4 is 5.91 Å². The lowest BCUT2D eigenvalue weighted by atomic mass is 10.0. The van der Waals surface area contributed by atoms with Crippen LogP contribution in [0.3, 0.4) is 0 Å². The lowest BCUT2D eigenvalue weighted by molar-refractivity contribution is -0.126. The van der Waals surface area contributed by atoms with Gasteiger partial charge in [-0.2, -0.15) is 0 Å². The van der Waals surface area contributed by atoms with Gasteiger partial charge in [0.2, 0.25) is 5.91 Å². The van der Waals surface area contributed by atoms with Gasteiger partial charge in [-0.15, -0.1) is 0 Å². The van der Waals surface area contributed by atoms with Gasteiger partial charge in [0.1, 0.15) is 0 Å². The average molecular weight is 330 g/mol. The summed E-state index contributed by atoms with van der Waals surface area (Å²) in [6, 6.07) is 0. The Morgan fingerprint density at radius 1 is 0.783 bits per heavy atom. The van der Waals surface area contributed by atoms with Gasteiger partial charge in [0.25, 0.3) is 0 Å². The second-order valence-electron chi connectivity index (χ2n) is 6.75. The molecule has 1 amide bonds. The molecule has 4 nitrogen and oxygen atoms in total. The van der Waals surface area contributed by atoms with Crippen LogP contribution in [0.25, 0.3) is 0 Å². The number of carbonyl (C=O) groups excluding carboxylic acids is 1. The smallest absolute Gasteiger partial charge is 0.222 e. The van der Waals surface area contributed by atoms with Crippen molar-refractivity contribution in [1.29, 1.82) is 0 Å². The van der Waals surface area contributed by atoms with Crippen molar-refractivity contribution in [3.8, 4) is 0 Å². The number of aliphatic hydroxyl groups is 2. The predicted octanol–water partition coefficient (Wildman–Crippen LogP) is 4.28. The van der Waals surface area contributed by atoms with Crippen LogP contribution in [0.2, 0.25) is 0 Å². The Bertz CT molecular complexity index is 269. The number of hydrogen-bond acceptors (Lipinski definition) is 3. The number of hydrogen-bond donors (Lipinski definition) is 3. The summed E-state index contributed by atoms with van der Waals surface area (Å²) in [5, 5.41) is 20.8. The molecule has 0 rings (SSSR count). The van der Waals surface area contributed by atoms with Crippen LogP contribution in [0.1, 0.15) is 104 Å². The third kappa shape index (κ3) is 16.0. The fourth-order valence-electron chi connectivity index (χ4n) is 2.66. The van der Waals surface area contributed by atoms with Crippen molar-refractivity contribution in [3.05, 3.63) is 0 Å². The van der Waals surface area contributed by atoms with E-state index in [1.165, 1.54) is 77.6 Å². The van der Waals surface area contributed by atoms with E-state index in [1.807, 2.05) is 0 Å². The first-order valence-electron chi connectivity index (χ1n) is 9.73. The number of carbonyl (C=O) groups is 1. The molecule has 0 aliphatic rings. The third-order valence-electron chi connectivity index (χ3n) is 4.27. The highest BCUT2D eigenvalue weighted by Crippen LogP contribution is 2.12. The van der Waals surface area contributed by atoms with Gasteiger partial charge >= 0.3 is 0 Å². The summed E-state index contributed by atoms with van der Waals surface area (Å²) < 4.78 is 0. The zero-order valence-corrected chi connectivity index (χ0v) is 15.4. The molecule has 0 radical (unpaired) electrons. The van der Waals surface area contributed by atoms with Crippen LogP contribution in [0.5, 0.6) is 0 Å². The number of rotatable bonds is 16. The maximum Gasteiger partial charge on any atom is 0.222 e. The summed E-state index contributed by atoms with van der Waals surface area (Å²) in [6.45, 7) is 3.71.